The van der Waals surface area contributed by atoms with Crippen molar-refractivity contribution >= 4 is 11.7 Å². The number of hydrogen-bond donors (Lipinski definition) is 1. The summed E-state index contributed by atoms with van der Waals surface area (Å²) in [5.41, 5.74) is 0.735. The lowest BCUT2D eigenvalue weighted by Crippen LogP contribution is -2.54. The number of hydrogen-bond acceptors (Lipinski definition) is 5. The summed E-state index contributed by atoms with van der Waals surface area (Å²) in [5, 5.41) is 7.67. The number of halogens is 2. The van der Waals surface area contributed by atoms with Gasteiger partial charge in [0.25, 0.3) is 6.43 Å². The molecule has 2 saturated heterocycles. The van der Waals surface area contributed by atoms with Crippen molar-refractivity contribution in [2.75, 3.05) is 44.7 Å². The highest BCUT2D eigenvalue weighted by atomic mass is 19.3. The molecule has 1 aromatic heterocycles. The Balaban J connectivity index is 1.43. The van der Waals surface area contributed by atoms with Gasteiger partial charge in [0.05, 0.1) is 24.9 Å². The first-order chi connectivity index (χ1) is 13.9. The first-order valence-corrected chi connectivity index (χ1v) is 10.7. The summed E-state index contributed by atoms with van der Waals surface area (Å²) in [7, 11) is 0. The van der Waals surface area contributed by atoms with Crippen LogP contribution in [0.3, 0.4) is 0 Å². The van der Waals surface area contributed by atoms with Crippen LogP contribution in [0.15, 0.2) is 6.07 Å². The van der Waals surface area contributed by atoms with Gasteiger partial charge in [-0.1, -0.05) is 0 Å². The third kappa shape index (κ3) is 4.26. The van der Waals surface area contributed by atoms with Crippen LogP contribution < -0.4 is 5.32 Å². The highest BCUT2D eigenvalue weighted by molar-refractivity contribution is 5.81. The standard InChI is InChI=1S/C20H31F2N5O2/c1-13-10-18-23-16(11-17(19(21)22)27(18)24-13)15-4-3-5-26(12-15)20(28)14(2)25-6-8-29-9-7-25/h10,14-17,19,23H,3-9,11-12H2,1-2H3/t14-,15-,16+,17-/m1/s1. The third-order valence-electron chi connectivity index (χ3n) is 6.58. The fourth-order valence-electron chi connectivity index (χ4n) is 4.93. The second-order valence-electron chi connectivity index (χ2n) is 8.51. The van der Waals surface area contributed by atoms with Crippen molar-refractivity contribution in [3.8, 4) is 0 Å². The second kappa shape index (κ2) is 8.55. The molecule has 0 unspecified atom stereocenters. The van der Waals surface area contributed by atoms with Crippen LogP contribution in [0.5, 0.6) is 0 Å². The predicted octanol–water partition coefficient (Wildman–Crippen LogP) is 2.14. The summed E-state index contributed by atoms with van der Waals surface area (Å²) in [6, 6.07) is 0.665. The number of aryl methyl sites for hydroxylation is 1. The number of fused-ring (bicyclic) bond motifs is 1. The van der Waals surface area contributed by atoms with Gasteiger partial charge in [0.15, 0.2) is 0 Å². The van der Waals surface area contributed by atoms with Crippen molar-refractivity contribution in [2.24, 2.45) is 5.92 Å². The summed E-state index contributed by atoms with van der Waals surface area (Å²) in [6.45, 7) is 8.01. The molecule has 162 valence electrons. The molecule has 2 fully saturated rings. The van der Waals surface area contributed by atoms with Gasteiger partial charge in [-0.2, -0.15) is 5.10 Å². The van der Waals surface area contributed by atoms with E-state index in [9.17, 15) is 13.6 Å². The number of nitrogens with one attached hydrogen (secondary N) is 1. The molecule has 1 aromatic rings. The number of alkyl halides is 2. The van der Waals surface area contributed by atoms with E-state index in [0.717, 1.165) is 38.2 Å². The number of carbonyl (C=O) groups is 1. The Kier molecular flexibility index (Phi) is 6.06. The van der Waals surface area contributed by atoms with Gasteiger partial charge in [0, 0.05) is 38.3 Å². The molecule has 0 radical (unpaired) electrons. The SMILES string of the molecule is Cc1cc2n(n1)[C@@H](C(F)F)C[C@@H]([C@@H]1CCCN(C(=O)[C@@H](C)N3CCOCC3)C1)N2. The third-order valence-corrected chi connectivity index (χ3v) is 6.58. The number of ether oxygens (including phenoxy) is 1. The molecule has 4 rings (SSSR count). The average molecular weight is 411 g/mol. The lowest BCUT2D eigenvalue weighted by molar-refractivity contribution is -0.140. The van der Waals surface area contributed by atoms with Crippen LogP contribution in [0, 0.1) is 12.8 Å². The minimum absolute atomic E-state index is 0.0770. The van der Waals surface area contributed by atoms with E-state index < -0.39 is 12.5 Å². The molecular formula is C20H31F2N5O2. The Morgan fingerprint density at radius 3 is 2.79 bits per heavy atom. The Labute approximate surface area is 170 Å². The van der Waals surface area contributed by atoms with E-state index in [1.807, 2.05) is 24.8 Å². The topological polar surface area (TPSA) is 62.6 Å². The van der Waals surface area contributed by atoms with Crippen LogP contribution in [-0.4, -0.2) is 83.4 Å². The Hall–Kier alpha value is -1.74. The minimum Gasteiger partial charge on any atom is -0.379 e. The van der Waals surface area contributed by atoms with Gasteiger partial charge >= 0.3 is 0 Å². The van der Waals surface area contributed by atoms with Crippen LogP contribution in [-0.2, 0) is 9.53 Å². The number of piperidine rings is 1. The zero-order valence-electron chi connectivity index (χ0n) is 17.2. The molecule has 0 spiro atoms. The first-order valence-electron chi connectivity index (χ1n) is 10.7. The van der Waals surface area contributed by atoms with E-state index in [0.29, 0.717) is 32.0 Å². The van der Waals surface area contributed by atoms with E-state index in [1.54, 1.807) is 0 Å². The van der Waals surface area contributed by atoms with E-state index in [4.69, 9.17) is 4.74 Å². The summed E-state index contributed by atoms with van der Waals surface area (Å²) < 4.78 is 34.2. The van der Waals surface area contributed by atoms with Gasteiger partial charge in [0.2, 0.25) is 5.91 Å². The molecule has 3 aliphatic heterocycles. The molecule has 7 nitrogen and oxygen atoms in total. The van der Waals surface area contributed by atoms with E-state index in [2.05, 4.69) is 15.3 Å². The summed E-state index contributed by atoms with van der Waals surface area (Å²) in [6.07, 6.45) is -0.281. The molecule has 1 N–H and O–H groups in total. The number of nitrogens with zero attached hydrogens (tertiary/aromatic N) is 4. The highest BCUT2D eigenvalue weighted by Gasteiger charge is 2.39. The van der Waals surface area contributed by atoms with E-state index >= 15 is 0 Å². The smallest absolute Gasteiger partial charge is 0.260 e. The van der Waals surface area contributed by atoms with Crippen molar-refractivity contribution < 1.29 is 18.3 Å². The number of amides is 1. The molecule has 1 amide bonds. The van der Waals surface area contributed by atoms with Crippen molar-refractivity contribution in [3.63, 3.8) is 0 Å². The van der Waals surface area contributed by atoms with Crippen molar-refractivity contribution in [1.82, 2.24) is 19.6 Å². The molecule has 9 heteroatoms. The van der Waals surface area contributed by atoms with Gasteiger partial charge in [-0.15, -0.1) is 0 Å². The Bertz CT molecular complexity index is 722. The van der Waals surface area contributed by atoms with Crippen LogP contribution >= 0.6 is 0 Å². The van der Waals surface area contributed by atoms with Crippen molar-refractivity contribution in [3.05, 3.63) is 11.8 Å². The van der Waals surface area contributed by atoms with Gasteiger partial charge in [-0.3, -0.25) is 9.69 Å². The maximum Gasteiger partial charge on any atom is 0.260 e. The number of aromatic nitrogens is 2. The normalized spacial score (nSPS) is 29.4. The van der Waals surface area contributed by atoms with Crippen molar-refractivity contribution in [2.45, 2.75) is 57.7 Å². The Morgan fingerprint density at radius 2 is 2.07 bits per heavy atom. The molecule has 4 heterocycles. The van der Waals surface area contributed by atoms with Crippen LogP contribution in [0.2, 0.25) is 0 Å². The largest absolute Gasteiger partial charge is 0.379 e. The van der Waals surface area contributed by atoms with Crippen LogP contribution in [0.4, 0.5) is 14.6 Å². The van der Waals surface area contributed by atoms with Crippen molar-refractivity contribution in [1.29, 1.82) is 0 Å². The first kappa shape index (κ1) is 20.5. The lowest BCUT2D eigenvalue weighted by atomic mass is 9.85. The van der Waals surface area contributed by atoms with Gasteiger partial charge in [0.1, 0.15) is 11.9 Å². The molecule has 4 atom stereocenters. The number of carbonyl (C=O) groups excluding carboxylic acids is 1. The maximum atomic E-state index is 13.7. The van der Waals surface area contributed by atoms with Crippen LogP contribution in [0.25, 0.3) is 0 Å². The molecule has 0 aromatic carbocycles. The maximum absolute atomic E-state index is 13.7. The molecule has 0 aliphatic carbocycles. The monoisotopic (exact) mass is 411 g/mol. The van der Waals surface area contributed by atoms with Gasteiger partial charge in [-0.25, -0.2) is 13.5 Å². The van der Waals surface area contributed by atoms with Gasteiger partial charge in [-0.05, 0) is 39.0 Å². The highest BCUT2D eigenvalue weighted by Crippen LogP contribution is 2.36. The number of morpholine rings is 1. The summed E-state index contributed by atoms with van der Waals surface area (Å²) in [4.78, 5) is 17.2. The second-order valence-corrected chi connectivity index (χ2v) is 8.51. The summed E-state index contributed by atoms with van der Waals surface area (Å²) in [5.74, 6) is 0.961. The lowest BCUT2D eigenvalue weighted by Gasteiger charge is -2.42. The van der Waals surface area contributed by atoms with Crippen LogP contribution in [0.1, 0.15) is 37.9 Å². The quantitative estimate of drug-likeness (QED) is 0.823. The molecule has 0 saturated carbocycles. The molecule has 3 aliphatic rings. The van der Waals surface area contributed by atoms with E-state index in [1.165, 1.54) is 4.68 Å². The number of likely N-dealkylation sites (tertiary alicyclic amines) is 1. The minimum atomic E-state index is -2.46. The fourth-order valence-corrected chi connectivity index (χ4v) is 4.93. The van der Waals surface area contributed by atoms with Gasteiger partial charge < -0.3 is 15.0 Å². The Morgan fingerprint density at radius 1 is 1.31 bits per heavy atom. The molecule has 29 heavy (non-hydrogen) atoms. The zero-order chi connectivity index (χ0) is 20.5. The number of rotatable bonds is 4. The fraction of sp³-hybridized carbons (Fsp3) is 0.800. The number of anilines is 1. The predicted molar refractivity (Wildman–Crippen MR) is 105 cm³/mol. The average Bonchev–Trinajstić information content (AvgIpc) is 3.12. The molecular weight excluding hydrogens is 380 g/mol. The summed E-state index contributed by atoms with van der Waals surface area (Å²) >= 11 is 0. The molecule has 0 bridgehead atoms. The zero-order valence-corrected chi connectivity index (χ0v) is 17.2. The van der Waals surface area contributed by atoms with E-state index in [-0.39, 0.29) is 23.9 Å².